The maximum Gasteiger partial charge on any atom is 0.0928 e. The van der Waals surface area contributed by atoms with Gasteiger partial charge < -0.3 is 0 Å². The zero-order chi connectivity index (χ0) is 18.0. The van der Waals surface area contributed by atoms with Gasteiger partial charge in [-0.25, -0.2) is 0 Å². The Morgan fingerprint density at radius 1 is 0.714 bits per heavy atom. The summed E-state index contributed by atoms with van der Waals surface area (Å²) in [6.07, 6.45) is 10.4. The van der Waals surface area contributed by atoms with Gasteiger partial charge in [0.15, 0.2) is 0 Å². The predicted octanol–water partition coefficient (Wildman–Crippen LogP) is 6.90. The SMILES string of the molecule is c1ccc2c(c1)CC1(SC3C4CCC(C4)C3S1)C2=C1SC2C3CCC(C3)C2S1. The van der Waals surface area contributed by atoms with Gasteiger partial charge >= 0.3 is 0 Å². The maximum absolute atomic E-state index is 2.46. The molecule has 0 aromatic heterocycles. The molecule has 4 heteroatoms. The van der Waals surface area contributed by atoms with Crippen molar-refractivity contribution in [3.05, 3.63) is 39.6 Å². The van der Waals surface area contributed by atoms with Gasteiger partial charge in [-0.05, 0) is 73.3 Å². The quantitative estimate of drug-likeness (QED) is 0.428. The standard InChI is InChI=1S/C24H26S4/c1-2-4-17-16(3-1)11-24(27-21-14-7-8-15(10-14)22(21)28-24)18(17)23-25-19-12-5-6-13(9-12)20(19)26-23/h1-4,12-15,19-22H,5-11H2. The lowest BCUT2D eigenvalue weighted by Gasteiger charge is -2.28. The third-order valence-corrected chi connectivity index (χ3v) is 16.6. The first-order valence-corrected chi connectivity index (χ1v) is 14.8. The topological polar surface area (TPSA) is 0 Å². The van der Waals surface area contributed by atoms with Crippen molar-refractivity contribution in [3.63, 3.8) is 0 Å². The summed E-state index contributed by atoms with van der Waals surface area (Å²) in [7, 11) is 0. The zero-order valence-corrected chi connectivity index (χ0v) is 19.3. The molecular weight excluding hydrogens is 417 g/mol. The van der Waals surface area contributed by atoms with Gasteiger partial charge in [0.1, 0.15) is 0 Å². The van der Waals surface area contributed by atoms with E-state index in [1.807, 2.05) is 0 Å². The van der Waals surface area contributed by atoms with Crippen LogP contribution in [0.2, 0.25) is 0 Å². The van der Waals surface area contributed by atoms with E-state index in [1.54, 1.807) is 27.4 Å². The molecule has 8 unspecified atom stereocenters. The molecule has 4 bridgehead atoms. The van der Waals surface area contributed by atoms with Crippen LogP contribution >= 0.6 is 47.0 Å². The Morgan fingerprint density at radius 2 is 1.29 bits per heavy atom. The molecule has 0 amide bonds. The van der Waals surface area contributed by atoms with Crippen LogP contribution in [0, 0.1) is 23.7 Å². The summed E-state index contributed by atoms with van der Waals surface area (Å²) in [6, 6.07) is 9.46. The molecule has 1 spiro atoms. The van der Waals surface area contributed by atoms with E-state index in [-0.39, 0.29) is 0 Å². The fraction of sp³-hybridized carbons (Fsp3) is 0.667. The Kier molecular flexibility index (Phi) is 3.50. The van der Waals surface area contributed by atoms with E-state index in [0.29, 0.717) is 4.08 Å². The minimum absolute atomic E-state index is 0.341. The molecule has 146 valence electrons. The van der Waals surface area contributed by atoms with Gasteiger partial charge in [0.05, 0.1) is 4.08 Å². The fourth-order valence-electron chi connectivity index (χ4n) is 7.81. The van der Waals surface area contributed by atoms with Crippen molar-refractivity contribution in [1.82, 2.24) is 0 Å². The molecule has 4 saturated carbocycles. The molecule has 1 aromatic rings. The molecule has 8 atom stereocenters. The largest absolute Gasteiger partial charge is 0.134 e. The van der Waals surface area contributed by atoms with Gasteiger partial charge in [-0.2, -0.15) is 0 Å². The molecule has 7 aliphatic rings. The predicted molar refractivity (Wildman–Crippen MR) is 127 cm³/mol. The van der Waals surface area contributed by atoms with Crippen LogP contribution in [0.25, 0.3) is 5.57 Å². The van der Waals surface area contributed by atoms with Crippen molar-refractivity contribution >= 4 is 52.6 Å². The molecule has 0 N–H and O–H groups in total. The van der Waals surface area contributed by atoms with E-state index < -0.39 is 0 Å². The Balaban J connectivity index is 1.25. The van der Waals surface area contributed by atoms with Crippen LogP contribution in [0.15, 0.2) is 28.5 Å². The van der Waals surface area contributed by atoms with Crippen molar-refractivity contribution in [1.29, 1.82) is 0 Å². The summed E-state index contributed by atoms with van der Waals surface area (Å²) in [4.78, 5) is 0. The normalized spacial score (nSPS) is 52.1. The van der Waals surface area contributed by atoms with Crippen LogP contribution in [0.4, 0.5) is 0 Å². The summed E-state index contributed by atoms with van der Waals surface area (Å²) in [5.74, 6) is 4.11. The van der Waals surface area contributed by atoms with Gasteiger partial charge in [-0.1, -0.05) is 24.3 Å². The summed E-state index contributed by atoms with van der Waals surface area (Å²) in [6.45, 7) is 0. The molecule has 0 radical (unpaired) electrons. The summed E-state index contributed by atoms with van der Waals surface area (Å²) < 4.78 is 2.09. The Morgan fingerprint density at radius 3 is 1.93 bits per heavy atom. The zero-order valence-electron chi connectivity index (χ0n) is 16.0. The van der Waals surface area contributed by atoms with Crippen LogP contribution in [0.5, 0.6) is 0 Å². The van der Waals surface area contributed by atoms with Crippen molar-refractivity contribution in [2.45, 2.75) is 70.0 Å². The second kappa shape index (κ2) is 5.78. The highest BCUT2D eigenvalue weighted by atomic mass is 32.2. The van der Waals surface area contributed by atoms with Gasteiger partial charge in [0.25, 0.3) is 0 Å². The Bertz CT molecular complexity index is 868. The van der Waals surface area contributed by atoms with Gasteiger partial charge in [0, 0.05) is 37.2 Å². The van der Waals surface area contributed by atoms with E-state index in [4.69, 9.17) is 0 Å². The summed E-state index contributed by atoms with van der Waals surface area (Å²) in [5.41, 5.74) is 5.05. The van der Waals surface area contributed by atoms with E-state index in [9.17, 15) is 0 Å². The second-order valence-electron chi connectivity index (χ2n) is 10.2. The molecule has 28 heavy (non-hydrogen) atoms. The Hall–Kier alpha value is 0.360. The van der Waals surface area contributed by atoms with Gasteiger partial charge in [0.2, 0.25) is 0 Å². The summed E-state index contributed by atoms with van der Waals surface area (Å²) >= 11 is 9.51. The van der Waals surface area contributed by atoms with Gasteiger partial charge in [-0.15, -0.1) is 47.0 Å². The van der Waals surface area contributed by atoms with Crippen LogP contribution in [-0.2, 0) is 6.42 Å². The molecule has 8 rings (SSSR count). The Labute approximate surface area is 185 Å². The van der Waals surface area contributed by atoms with E-state index in [2.05, 4.69) is 71.3 Å². The molecule has 2 saturated heterocycles. The molecular formula is C24H26S4. The number of thioether (sulfide) groups is 4. The maximum atomic E-state index is 2.46. The first-order chi connectivity index (χ1) is 13.8. The lowest BCUT2D eigenvalue weighted by molar-refractivity contribution is 0.508. The van der Waals surface area contributed by atoms with Crippen LogP contribution in [-0.4, -0.2) is 25.1 Å². The highest BCUT2D eigenvalue weighted by molar-refractivity contribution is 8.27. The summed E-state index contributed by atoms with van der Waals surface area (Å²) in [5, 5.41) is 3.76. The van der Waals surface area contributed by atoms with Gasteiger partial charge in [-0.3, -0.25) is 0 Å². The smallest absolute Gasteiger partial charge is 0.0928 e. The lowest BCUT2D eigenvalue weighted by atomic mass is 10.00. The highest BCUT2D eigenvalue weighted by Gasteiger charge is 2.62. The average Bonchev–Trinajstić information content (AvgIpc) is 3.50. The number of hydrogen-bond donors (Lipinski definition) is 0. The monoisotopic (exact) mass is 442 g/mol. The molecule has 6 fully saturated rings. The highest BCUT2D eigenvalue weighted by Crippen LogP contribution is 2.74. The van der Waals surface area contributed by atoms with E-state index in [0.717, 1.165) is 44.7 Å². The fourth-order valence-corrected chi connectivity index (χ4v) is 17.0. The number of benzene rings is 1. The molecule has 0 nitrogen and oxygen atoms in total. The van der Waals surface area contributed by atoms with Crippen LogP contribution < -0.4 is 0 Å². The average molecular weight is 443 g/mol. The first kappa shape index (κ1) is 17.0. The lowest BCUT2D eigenvalue weighted by Crippen LogP contribution is -2.22. The van der Waals surface area contributed by atoms with E-state index >= 15 is 0 Å². The third kappa shape index (κ3) is 2.08. The van der Waals surface area contributed by atoms with Crippen molar-refractivity contribution in [3.8, 4) is 0 Å². The third-order valence-electron chi connectivity index (χ3n) is 8.97. The first-order valence-electron chi connectivity index (χ1n) is 11.3. The number of hydrogen-bond acceptors (Lipinski definition) is 4. The van der Waals surface area contributed by atoms with Crippen molar-refractivity contribution < 1.29 is 0 Å². The van der Waals surface area contributed by atoms with E-state index in [1.165, 1.54) is 38.5 Å². The number of fused-ring (bicyclic) bond motifs is 11. The number of rotatable bonds is 0. The minimum atomic E-state index is 0.341. The van der Waals surface area contributed by atoms with Crippen LogP contribution in [0.1, 0.15) is 49.7 Å². The van der Waals surface area contributed by atoms with Crippen LogP contribution in [0.3, 0.4) is 0 Å². The minimum Gasteiger partial charge on any atom is -0.134 e. The van der Waals surface area contributed by atoms with Crippen molar-refractivity contribution in [2.75, 3.05) is 0 Å². The molecule has 1 aromatic carbocycles. The molecule has 5 aliphatic carbocycles. The van der Waals surface area contributed by atoms with Crippen molar-refractivity contribution in [2.24, 2.45) is 23.7 Å². The molecule has 2 heterocycles. The second-order valence-corrected chi connectivity index (χ2v) is 16.1. The molecule has 2 aliphatic heterocycles.